The minimum Gasteiger partial charge on any atom is -0.444 e. The van der Waals surface area contributed by atoms with Crippen LogP contribution in [0.3, 0.4) is 0 Å². The van der Waals surface area contributed by atoms with E-state index in [0.29, 0.717) is 6.42 Å². The monoisotopic (exact) mass is 377 g/mol. The molecular formula is C18H26ClF2NO3. The molecule has 4 nitrogen and oxygen atoms in total. The number of nitrogens with zero attached hydrogens (tertiary/aromatic N) is 1. The van der Waals surface area contributed by atoms with Gasteiger partial charge in [-0.15, -0.1) is 0 Å². The van der Waals surface area contributed by atoms with Gasteiger partial charge < -0.3 is 14.7 Å². The number of halogens is 3. The van der Waals surface area contributed by atoms with Gasteiger partial charge in [0.1, 0.15) is 23.3 Å². The zero-order valence-electron chi connectivity index (χ0n) is 15.4. The van der Waals surface area contributed by atoms with Crippen LogP contribution in [0.15, 0.2) is 12.1 Å². The number of benzene rings is 1. The number of carbonyl (C=O) groups excluding carboxylic acids is 1. The zero-order chi connectivity index (χ0) is 19.5. The van der Waals surface area contributed by atoms with Crippen LogP contribution in [0.1, 0.15) is 52.7 Å². The highest BCUT2D eigenvalue weighted by atomic mass is 35.5. The lowest BCUT2D eigenvalue weighted by atomic mass is 9.93. The van der Waals surface area contributed by atoms with Crippen LogP contribution in [-0.2, 0) is 4.74 Å². The Balaban J connectivity index is 3.20. The summed E-state index contributed by atoms with van der Waals surface area (Å²) in [6, 6.07) is 1.01. The van der Waals surface area contributed by atoms with Gasteiger partial charge in [0.05, 0.1) is 11.6 Å². The molecule has 1 aromatic rings. The molecule has 2 atom stereocenters. The quantitative estimate of drug-likeness (QED) is 0.791. The summed E-state index contributed by atoms with van der Waals surface area (Å²) in [5, 5.41) is 10.5. The third-order valence-corrected chi connectivity index (χ3v) is 3.81. The average molecular weight is 378 g/mol. The average Bonchev–Trinajstić information content (AvgIpc) is 2.40. The highest BCUT2D eigenvalue weighted by Crippen LogP contribution is 2.31. The van der Waals surface area contributed by atoms with Crippen molar-refractivity contribution >= 4 is 17.7 Å². The zero-order valence-corrected chi connectivity index (χ0v) is 16.2. The lowest BCUT2D eigenvalue weighted by Crippen LogP contribution is -2.44. The van der Waals surface area contributed by atoms with Gasteiger partial charge in [0.25, 0.3) is 0 Å². The van der Waals surface area contributed by atoms with Gasteiger partial charge in [-0.05, 0) is 45.2 Å². The highest BCUT2D eigenvalue weighted by Gasteiger charge is 2.34. The Bertz CT molecular complexity index is 594. The van der Waals surface area contributed by atoms with Crippen molar-refractivity contribution in [2.24, 2.45) is 5.92 Å². The van der Waals surface area contributed by atoms with Crippen LogP contribution in [0.4, 0.5) is 13.6 Å². The first-order chi connectivity index (χ1) is 11.3. The summed E-state index contributed by atoms with van der Waals surface area (Å²) >= 11 is 5.63. The lowest BCUT2D eigenvalue weighted by Gasteiger charge is -2.34. The predicted octanol–water partition coefficient (Wildman–Crippen LogP) is 4.93. The predicted molar refractivity (Wildman–Crippen MR) is 93.6 cm³/mol. The molecule has 0 saturated carbocycles. The molecule has 1 N–H and O–H groups in total. The van der Waals surface area contributed by atoms with E-state index in [9.17, 15) is 18.7 Å². The summed E-state index contributed by atoms with van der Waals surface area (Å²) in [4.78, 5) is 13.5. The summed E-state index contributed by atoms with van der Waals surface area (Å²) in [6.45, 7) is 8.91. The molecule has 0 fully saturated rings. The van der Waals surface area contributed by atoms with Crippen LogP contribution in [0.5, 0.6) is 0 Å². The van der Waals surface area contributed by atoms with E-state index in [1.165, 1.54) is 11.9 Å². The molecule has 0 spiro atoms. The van der Waals surface area contributed by atoms with Crippen molar-refractivity contribution in [3.05, 3.63) is 34.4 Å². The Morgan fingerprint density at radius 3 is 2.16 bits per heavy atom. The van der Waals surface area contributed by atoms with Gasteiger partial charge in [-0.2, -0.15) is 0 Å². The van der Waals surface area contributed by atoms with E-state index in [-0.39, 0.29) is 10.9 Å². The van der Waals surface area contributed by atoms with Crippen LogP contribution >= 0.6 is 11.6 Å². The number of aliphatic hydroxyl groups excluding tert-OH is 1. The molecule has 1 rings (SSSR count). The Morgan fingerprint density at radius 1 is 1.28 bits per heavy atom. The molecule has 142 valence electrons. The van der Waals surface area contributed by atoms with Crippen molar-refractivity contribution in [1.29, 1.82) is 0 Å². The number of aliphatic hydroxyl groups is 1. The SMILES string of the molecule is CC(C)C[C@@H](C(O)c1c(F)cc(Cl)cc1F)N(C)C(=O)OC(C)(C)C. The number of amides is 1. The molecular weight excluding hydrogens is 352 g/mol. The second-order valence-electron chi connectivity index (χ2n) is 7.52. The van der Waals surface area contributed by atoms with Crippen LogP contribution in [0.2, 0.25) is 5.02 Å². The van der Waals surface area contributed by atoms with E-state index in [2.05, 4.69) is 0 Å². The fourth-order valence-electron chi connectivity index (χ4n) is 2.48. The summed E-state index contributed by atoms with van der Waals surface area (Å²) in [5.74, 6) is -1.84. The van der Waals surface area contributed by atoms with E-state index >= 15 is 0 Å². The third kappa shape index (κ3) is 6.12. The fourth-order valence-corrected chi connectivity index (χ4v) is 2.67. The Hall–Kier alpha value is -1.40. The molecule has 0 aliphatic rings. The molecule has 0 aliphatic carbocycles. The van der Waals surface area contributed by atoms with E-state index < -0.39 is 41.0 Å². The van der Waals surface area contributed by atoms with E-state index in [1.54, 1.807) is 20.8 Å². The van der Waals surface area contributed by atoms with Gasteiger partial charge in [-0.25, -0.2) is 13.6 Å². The Kier molecular flexibility index (Phi) is 7.20. The van der Waals surface area contributed by atoms with Gasteiger partial charge in [0, 0.05) is 12.1 Å². The maximum absolute atomic E-state index is 14.2. The van der Waals surface area contributed by atoms with Crippen molar-refractivity contribution in [1.82, 2.24) is 4.90 Å². The summed E-state index contributed by atoms with van der Waals surface area (Å²) in [5.41, 5.74) is -1.24. The largest absolute Gasteiger partial charge is 0.444 e. The molecule has 0 saturated heterocycles. The summed E-state index contributed by atoms with van der Waals surface area (Å²) in [6.07, 6.45) is -1.90. The topological polar surface area (TPSA) is 49.8 Å². The lowest BCUT2D eigenvalue weighted by molar-refractivity contribution is -0.00398. The van der Waals surface area contributed by atoms with Crippen LogP contribution in [0.25, 0.3) is 0 Å². The number of carbonyl (C=O) groups is 1. The molecule has 0 aromatic heterocycles. The van der Waals surface area contributed by atoms with Crippen molar-refractivity contribution in [3.8, 4) is 0 Å². The number of rotatable bonds is 5. The first-order valence-corrected chi connectivity index (χ1v) is 8.49. The highest BCUT2D eigenvalue weighted by molar-refractivity contribution is 6.30. The maximum atomic E-state index is 14.2. The standard InChI is InChI=1S/C18H26ClF2NO3/c1-10(2)7-14(22(6)17(24)25-18(3,4)5)16(23)15-12(20)8-11(19)9-13(15)21/h8-10,14,16,23H,7H2,1-6H3/t14-,16?/m0/s1. The van der Waals surface area contributed by atoms with Crippen LogP contribution < -0.4 is 0 Å². The van der Waals surface area contributed by atoms with Crippen molar-refractivity contribution < 1.29 is 23.4 Å². The molecule has 1 unspecified atom stereocenters. The summed E-state index contributed by atoms with van der Waals surface area (Å²) in [7, 11) is 1.44. The maximum Gasteiger partial charge on any atom is 0.410 e. The van der Waals surface area contributed by atoms with Gasteiger partial charge in [-0.1, -0.05) is 25.4 Å². The second-order valence-corrected chi connectivity index (χ2v) is 7.95. The summed E-state index contributed by atoms with van der Waals surface area (Å²) < 4.78 is 33.6. The number of hydrogen-bond donors (Lipinski definition) is 1. The molecule has 1 aromatic carbocycles. The van der Waals surface area contributed by atoms with E-state index in [1.807, 2.05) is 13.8 Å². The molecule has 0 aliphatic heterocycles. The third-order valence-electron chi connectivity index (χ3n) is 3.60. The smallest absolute Gasteiger partial charge is 0.410 e. The Morgan fingerprint density at radius 2 is 1.76 bits per heavy atom. The minimum atomic E-state index is -1.56. The number of likely N-dealkylation sites (N-methyl/N-ethyl adjacent to an activating group) is 1. The van der Waals surface area contributed by atoms with Gasteiger partial charge in [0.2, 0.25) is 0 Å². The first-order valence-electron chi connectivity index (χ1n) is 8.11. The first kappa shape index (κ1) is 21.6. The molecule has 0 heterocycles. The van der Waals surface area contributed by atoms with E-state index in [0.717, 1.165) is 12.1 Å². The number of ether oxygens (including phenoxy) is 1. The van der Waals surface area contributed by atoms with Crippen LogP contribution in [-0.4, -0.2) is 34.8 Å². The van der Waals surface area contributed by atoms with Crippen molar-refractivity contribution in [2.75, 3.05) is 7.05 Å². The molecule has 7 heteroatoms. The van der Waals surface area contributed by atoms with Gasteiger partial charge >= 0.3 is 6.09 Å². The molecule has 25 heavy (non-hydrogen) atoms. The Labute approximate surface area is 152 Å². The minimum absolute atomic E-state index is 0.0722. The number of hydrogen-bond acceptors (Lipinski definition) is 3. The fraction of sp³-hybridized carbons (Fsp3) is 0.611. The van der Waals surface area contributed by atoms with Crippen molar-refractivity contribution in [2.45, 2.75) is 58.8 Å². The van der Waals surface area contributed by atoms with Gasteiger partial charge in [-0.3, -0.25) is 0 Å². The normalized spacial score (nSPS) is 14.4. The molecule has 1 amide bonds. The van der Waals surface area contributed by atoms with E-state index in [4.69, 9.17) is 16.3 Å². The second kappa shape index (κ2) is 8.32. The molecule has 0 radical (unpaired) electrons. The molecule has 0 bridgehead atoms. The van der Waals surface area contributed by atoms with Crippen LogP contribution in [0, 0.1) is 17.6 Å². The van der Waals surface area contributed by atoms with Gasteiger partial charge in [0.15, 0.2) is 0 Å². The van der Waals surface area contributed by atoms with Crippen molar-refractivity contribution in [3.63, 3.8) is 0 Å².